The number of hydrogen-bond acceptors (Lipinski definition) is 2. The Balaban J connectivity index is 1.72. The zero-order valence-electron chi connectivity index (χ0n) is 10.2. The summed E-state index contributed by atoms with van der Waals surface area (Å²) < 4.78 is 0. The molecule has 1 heterocycles. The monoisotopic (exact) mass is 229 g/mol. The van der Waals surface area contributed by atoms with E-state index < -0.39 is 0 Å². The third-order valence-electron chi connectivity index (χ3n) is 3.75. The zero-order chi connectivity index (χ0) is 11.7. The number of nitrogens with zero attached hydrogens (tertiary/aromatic N) is 1. The Morgan fingerprint density at radius 3 is 2.71 bits per heavy atom. The molecule has 0 spiro atoms. The molecule has 0 unspecified atom stereocenters. The van der Waals surface area contributed by atoms with Crippen LogP contribution in [0.2, 0.25) is 0 Å². The summed E-state index contributed by atoms with van der Waals surface area (Å²) in [4.78, 5) is 7.89. The Hall–Kier alpha value is -1.51. The van der Waals surface area contributed by atoms with Gasteiger partial charge >= 0.3 is 0 Å². The van der Waals surface area contributed by atoms with Crippen molar-refractivity contribution in [3.05, 3.63) is 24.3 Å². The van der Waals surface area contributed by atoms with E-state index in [0.29, 0.717) is 6.04 Å². The summed E-state index contributed by atoms with van der Waals surface area (Å²) in [6.07, 6.45) is 5.19. The van der Waals surface area contributed by atoms with E-state index in [0.717, 1.165) is 22.9 Å². The molecule has 0 radical (unpaired) electrons. The molecule has 1 saturated carbocycles. The molecule has 1 aromatic heterocycles. The van der Waals surface area contributed by atoms with Crippen molar-refractivity contribution in [3.8, 4) is 0 Å². The molecule has 0 atom stereocenters. The normalized spacial score (nSPS) is 25.0. The van der Waals surface area contributed by atoms with E-state index in [1.54, 1.807) is 0 Å². The highest BCUT2D eigenvalue weighted by Crippen LogP contribution is 2.25. The van der Waals surface area contributed by atoms with Crippen molar-refractivity contribution in [2.24, 2.45) is 5.92 Å². The number of benzene rings is 1. The summed E-state index contributed by atoms with van der Waals surface area (Å²) in [6.45, 7) is 2.34. The summed E-state index contributed by atoms with van der Waals surface area (Å²) in [5, 5.41) is 3.52. The predicted molar refractivity (Wildman–Crippen MR) is 71.1 cm³/mol. The number of aromatic nitrogens is 2. The maximum absolute atomic E-state index is 4.56. The molecule has 1 fully saturated rings. The quantitative estimate of drug-likeness (QED) is 0.826. The van der Waals surface area contributed by atoms with Crippen LogP contribution in [0.15, 0.2) is 24.3 Å². The Morgan fingerprint density at radius 2 is 1.94 bits per heavy atom. The molecule has 0 bridgehead atoms. The van der Waals surface area contributed by atoms with Crippen LogP contribution in [-0.4, -0.2) is 16.0 Å². The van der Waals surface area contributed by atoms with Gasteiger partial charge in [-0.2, -0.15) is 0 Å². The van der Waals surface area contributed by atoms with Gasteiger partial charge in [-0.1, -0.05) is 19.1 Å². The first-order valence-electron chi connectivity index (χ1n) is 6.52. The van der Waals surface area contributed by atoms with Gasteiger partial charge in [0.1, 0.15) is 0 Å². The lowest BCUT2D eigenvalue weighted by atomic mass is 9.87. The number of fused-ring (bicyclic) bond motifs is 1. The second kappa shape index (κ2) is 4.40. The zero-order valence-corrected chi connectivity index (χ0v) is 10.2. The summed E-state index contributed by atoms with van der Waals surface area (Å²) in [7, 11) is 0. The highest BCUT2D eigenvalue weighted by molar-refractivity contribution is 5.77. The molecule has 2 N–H and O–H groups in total. The fourth-order valence-electron chi connectivity index (χ4n) is 2.62. The first-order valence-corrected chi connectivity index (χ1v) is 6.52. The van der Waals surface area contributed by atoms with E-state index in [1.807, 2.05) is 18.2 Å². The summed E-state index contributed by atoms with van der Waals surface area (Å²) in [6, 6.07) is 8.75. The number of H-pyrrole nitrogens is 1. The number of anilines is 1. The molecule has 1 aliphatic rings. The van der Waals surface area contributed by atoms with Gasteiger partial charge in [0.15, 0.2) is 0 Å². The summed E-state index contributed by atoms with van der Waals surface area (Å²) in [5.41, 5.74) is 2.15. The molecule has 0 saturated heterocycles. The standard InChI is InChI=1S/C14H19N3/c1-10-6-8-11(9-7-10)15-14-16-12-4-2-3-5-13(12)17-14/h2-5,10-11H,6-9H2,1H3,(H2,15,16,17). The van der Waals surface area contributed by atoms with Crippen molar-refractivity contribution in [1.29, 1.82) is 0 Å². The van der Waals surface area contributed by atoms with Gasteiger partial charge in [-0.05, 0) is 43.7 Å². The minimum atomic E-state index is 0.590. The lowest BCUT2D eigenvalue weighted by molar-refractivity contribution is 0.360. The van der Waals surface area contributed by atoms with Gasteiger partial charge < -0.3 is 10.3 Å². The van der Waals surface area contributed by atoms with Gasteiger partial charge in [0.2, 0.25) is 5.95 Å². The van der Waals surface area contributed by atoms with E-state index in [-0.39, 0.29) is 0 Å². The first kappa shape index (κ1) is 10.6. The van der Waals surface area contributed by atoms with Crippen LogP contribution in [0.4, 0.5) is 5.95 Å². The highest BCUT2D eigenvalue weighted by Gasteiger charge is 2.18. The largest absolute Gasteiger partial charge is 0.353 e. The molecule has 1 aromatic carbocycles. The molecule has 17 heavy (non-hydrogen) atoms. The number of rotatable bonds is 2. The van der Waals surface area contributed by atoms with Crippen LogP contribution >= 0.6 is 0 Å². The molecule has 2 aromatic rings. The maximum atomic E-state index is 4.56. The van der Waals surface area contributed by atoms with Crippen LogP contribution < -0.4 is 5.32 Å². The molecule has 3 heteroatoms. The lowest BCUT2D eigenvalue weighted by Gasteiger charge is -2.26. The van der Waals surface area contributed by atoms with Crippen LogP contribution in [0.5, 0.6) is 0 Å². The van der Waals surface area contributed by atoms with Crippen LogP contribution in [0.1, 0.15) is 32.6 Å². The Morgan fingerprint density at radius 1 is 1.18 bits per heavy atom. The third kappa shape index (κ3) is 2.28. The Labute approximate surface area is 102 Å². The smallest absolute Gasteiger partial charge is 0.201 e. The second-order valence-corrected chi connectivity index (χ2v) is 5.20. The van der Waals surface area contributed by atoms with Crippen molar-refractivity contribution >= 4 is 17.0 Å². The highest BCUT2D eigenvalue weighted by atomic mass is 15.1. The van der Waals surface area contributed by atoms with Gasteiger partial charge in [0.25, 0.3) is 0 Å². The van der Waals surface area contributed by atoms with Crippen LogP contribution in [-0.2, 0) is 0 Å². The molecule has 3 nitrogen and oxygen atoms in total. The van der Waals surface area contributed by atoms with Crippen molar-refractivity contribution in [1.82, 2.24) is 9.97 Å². The van der Waals surface area contributed by atoms with Gasteiger partial charge in [-0.25, -0.2) is 4.98 Å². The number of para-hydroxylation sites is 2. The van der Waals surface area contributed by atoms with E-state index >= 15 is 0 Å². The molecule has 0 aliphatic heterocycles. The maximum Gasteiger partial charge on any atom is 0.201 e. The average molecular weight is 229 g/mol. The molecule has 3 rings (SSSR count). The van der Waals surface area contributed by atoms with E-state index in [9.17, 15) is 0 Å². The molecule has 1 aliphatic carbocycles. The molecular formula is C14H19N3. The van der Waals surface area contributed by atoms with Gasteiger partial charge in [-0.15, -0.1) is 0 Å². The third-order valence-corrected chi connectivity index (χ3v) is 3.75. The Bertz CT molecular complexity index is 462. The minimum Gasteiger partial charge on any atom is -0.353 e. The summed E-state index contributed by atoms with van der Waals surface area (Å²) >= 11 is 0. The average Bonchev–Trinajstić information content (AvgIpc) is 2.74. The summed E-state index contributed by atoms with van der Waals surface area (Å²) in [5.74, 6) is 1.81. The fraction of sp³-hybridized carbons (Fsp3) is 0.500. The fourth-order valence-corrected chi connectivity index (χ4v) is 2.62. The second-order valence-electron chi connectivity index (χ2n) is 5.20. The van der Waals surface area contributed by atoms with E-state index in [1.165, 1.54) is 25.7 Å². The van der Waals surface area contributed by atoms with Gasteiger partial charge in [-0.3, -0.25) is 0 Å². The van der Waals surface area contributed by atoms with Crippen LogP contribution in [0.25, 0.3) is 11.0 Å². The predicted octanol–water partition coefficient (Wildman–Crippen LogP) is 3.55. The van der Waals surface area contributed by atoms with Crippen LogP contribution in [0.3, 0.4) is 0 Å². The van der Waals surface area contributed by atoms with Crippen molar-refractivity contribution in [2.75, 3.05) is 5.32 Å². The number of imidazole rings is 1. The van der Waals surface area contributed by atoms with Crippen molar-refractivity contribution in [2.45, 2.75) is 38.6 Å². The topological polar surface area (TPSA) is 40.7 Å². The lowest BCUT2D eigenvalue weighted by Crippen LogP contribution is -2.25. The molecule has 90 valence electrons. The Kier molecular flexibility index (Phi) is 2.75. The van der Waals surface area contributed by atoms with E-state index in [4.69, 9.17) is 0 Å². The number of aromatic amines is 1. The van der Waals surface area contributed by atoms with Gasteiger partial charge in [0.05, 0.1) is 11.0 Å². The number of hydrogen-bond donors (Lipinski definition) is 2. The first-order chi connectivity index (χ1) is 8.31. The van der Waals surface area contributed by atoms with Crippen LogP contribution in [0, 0.1) is 5.92 Å². The minimum absolute atomic E-state index is 0.590. The van der Waals surface area contributed by atoms with Crippen molar-refractivity contribution < 1.29 is 0 Å². The number of nitrogens with one attached hydrogen (secondary N) is 2. The van der Waals surface area contributed by atoms with Crippen molar-refractivity contribution in [3.63, 3.8) is 0 Å². The molecular weight excluding hydrogens is 210 g/mol. The van der Waals surface area contributed by atoms with Gasteiger partial charge in [0, 0.05) is 6.04 Å². The molecule has 0 amide bonds. The SMILES string of the molecule is CC1CCC(Nc2nc3ccccc3[nH]2)CC1. The van der Waals surface area contributed by atoms with E-state index in [2.05, 4.69) is 28.3 Å².